The number of hydrogen-bond donors (Lipinski definition) is 5. The number of hydrogen-bond acceptors (Lipinski definition) is 5. The molecular formula is C9H23NO4. The minimum atomic E-state index is -1.20. The minimum Gasteiger partial charge on any atom is -0.396 e. The van der Waals surface area contributed by atoms with Crippen LogP contribution in [-0.2, 0) is 0 Å². The van der Waals surface area contributed by atoms with Gasteiger partial charge in [-0.3, -0.25) is 0 Å². The number of nitrogens with one attached hydrogen (secondary N) is 1. The Bertz CT molecular complexity index is 101. The summed E-state index contributed by atoms with van der Waals surface area (Å²) in [6.45, 7) is 4.01. The normalized spacial score (nSPS) is 16.5. The Kier molecular flexibility index (Phi) is 12.6. The molecule has 0 rings (SSSR count). The van der Waals surface area contributed by atoms with Crippen LogP contribution < -0.4 is 5.32 Å². The molecule has 14 heavy (non-hydrogen) atoms. The van der Waals surface area contributed by atoms with E-state index in [2.05, 4.69) is 5.32 Å². The molecular weight excluding hydrogens is 186 g/mol. The Morgan fingerprint density at radius 2 is 1.57 bits per heavy atom. The van der Waals surface area contributed by atoms with E-state index in [1.165, 1.54) is 0 Å². The van der Waals surface area contributed by atoms with Crippen LogP contribution in [-0.4, -0.2) is 58.9 Å². The van der Waals surface area contributed by atoms with E-state index in [9.17, 15) is 5.11 Å². The molecule has 0 aliphatic carbocycles. The van der Waals surface area contributed by atoms with E-state index in [0.717, 1.165) is 0 Å². The van der Waals surface area contributed by atoms with Crippen molar-refractivity contribution >= 4 is 0 Å². The summed E-state index contributed by atoms with van der Waals surface area (Å²) in [6.07, 6.45) is -3.21. The van der Waals surface area contributed by atoms with Gasteiger partial charge in [-0.2, -0.15) is 0 Å². The Hall–Kier alpha value is -0.200. The SMILES string of the molecule is CC.CNCC(O)C(O)C(O)CCO. The van der Waals surface area contributed by atoms with Crippen LogP contribution in [0.2, 0.25) is 0 Å². The highest BCUT2D eigenvalue weighted by atomic mass is 16.4. The summed E-state index contributed by atoms with van der Waals surface area (Å²) >= 11 is 0. The molecule has 0 aromatic carbocycles. The van der Waals surface area contributed by atoms with Crippen LogP contribution in [0, 0.1) is 0 Å². The van der Waals surface area contributed by atoms with Gasteiger partial charge in [0.1, 0.15) is 6.10 Å². The van der Waals surface area contributed by atoms with Gasteiger partial charge in [0.2, 0.25) is 0 Å². The van der Waals surface area contributed by atoms with Crippen molar-refractivity contribution in [3.63, 3.8) is 0 Å². The lowest BCUT2D eigenvalue weighted by Crippen LogP contribution is -2.42. The quantitative estimate of drug-likeness (QED) is 0.375. The highest BCUT2D eigenvalue weighted by molar-refractivity contribution is 4.75. The van der Waals surface area contributed by atoms with Gasteiger partial charge in [-0.1, -0.05) is 13.8 Å². The third kappa shape index (κ3) is 7.23. The van der Waals surface area contributed by atoms with Crippen LogP contribution in [0.4, 0.5) is 0 Å². The van der Waals surface area contributed by atoms with E-state index in [1.807, 2.05) is 13.8 Å². The lowest BCUT2D eigenvalue weighted by atomic mass is 10.1. The first-order valence-electron chi connectivity index (χ1n) is 4.93. The summed E-state index contributed by atoms with van der Waals surface area (Å²) < 4.78 is 0. The standard InChI is InChI=1S/C7H17NO4.C2H6/c1-8-4-6(11)7(12)5(10)2-3-9;1-2/h5-12H,2-4H2,1H3;1-2H3. The van der Waals surface area contributed by atoms with Crippen molar-refractivity contribution in [1.29, 1.82) is 0 Å². The van der Waals surface area contributed by atoms with Crippen molar-refractivity contribution in [2.45, 2.75) is 38.6 Å². The first-order chi connectivity index (χ1) is 6.63. The van der Waals surface area contributed by atoms with Gasteiger partial charge >= 0.3 is 0 Å². The van der Waals surface area contributed by atoms with E-state index in [4.69, 9.17) is 15.3 Å². The summed E-state index contributed by atoms with van der Waals surface area (Å²) in [6, 6.07) is 0. The highest BCUT2D eigenvalue weighted by Gasteiger charge is 2.23. The molecule has 0 aliphatic rings. The lowest BCUT2D eigenvalue weighted by molar-refractivity contribution is -0.0638. The second-order valence-electron chi connectivity index (χ2n) is 2.70. The van der Waals surface area contributed by atoms with Crippen LogP contribution in [0.3, 0.4) is 0 Å². The number of aliphatic hydroxyl groups excluding tert-OH is 4. The maximum absolute atomic E-state index is 9.20. The van der Waals surface area contributed by atoms with Gasteiger partial charge in [0.25, 0.3) is 0 Å². The maximum Gasteiger partial charge on any atom is 0.107 e. The fourth-order valence-corrected chi connectivity index (χ4v) is 0.889. The fourth-order valence-electron chi connectivity index (χ4n) is 0.889. The van der Waals surface area contributed by atoms with Gasteiger partial charge in [0.05, 0.1) is 12.2 Å². The lowest BCUT2D eigenvalue weighted by Gasteiger charge is -2.21. The smallest absolute Gasteiger partial charge is 0.107 e. The van der Waals surface area contributed by atoms with E-state index in [1.54, 1.807) is 7.05 Å². The van der Waals surface area contributed by atoms with Gasteiger partial charge in [-0.05, 0) is 13.5 Å². The fraction of sp³-hybridized carbons (Fsp3) is 1.00. The Morgan fingerprint density at radius 3 is 1.93 bits per heavy atom. The minimum absolute atomic E-state index is 0.0714. The monoisotopic (exact) mass is 209 g/mol. The van der Waals surface area contributed by atoms with E-state index >= 15 is 0 Å². The molecule has 0 fully saturated rings. The van der Waals surface area contributed by atoms with Gasteiger partial charge in [0, 0.05) is 13.2 Å². The highest BCUT2D eigenvalue weighted by Crippen LogP contribution is 2.02. The largest absolute Gasteiger partial charge is 0.396 e. The molecule has 0 heterocycles. The van der Waals surface area contributed by atoms with Crippen LogP contribution in [0.15, 0.2) is 0 Å². The average Bonchev–Trinajstić information content (AvgIpc) is 2.20. The number of rotatable bonds is 6. The number of aliphatic hydroxyl groups is 4. The van der Waals surface area contributed by atoms with Crippen molar-refractivity contribution in [2.24, 2.45) is 0 Å². The summed E-state index contributed by atoms with van der Waals surface area (Å²) in [7, 11) is 1.63. The molecule has 0 spiro atoms. The molecule has 0 aromatic rings. The first-order valence-corrected chi connectivity index (χ1v) is 4.93. The molecule has 5 nitrogen and oxygen atoms in total. The summed E-state index contributed by atoms with van der Waals surface area (Å²) in [5.74, 6) is 0. The van der Waals surface area contributed by atoms with Crippen LogP contribution in [0.5, 0.6) is 0 Å². The Labute approximate surface area is 85.4 Å². The zero-order valence-electron chi connectivity index (χ0n) is 9.14. The second kappa shape index (κ2) is 10.9. The van der Waals surface area contributed by atoms with E-state index in [0.29, 0.717) is 0 Å². The van der Waals surface area contributed by atoms with E-state index in [-0.39, 0.29) is 19.6 Å². The molecule has 0 aromatic heterocycles. The third-order valence-corrected chi connectivity index (χ3v) is 1.63. The summed E-state index contributed by atoms with van der Waals surface area (Å²) in [4.78, 5) is 0. The number of likely N-dealkylation sites (N-methyl/N-ethyl adjacent to an activating group) is 1. The molecule has 88 valence electrons. The van der Waals surface area contributed by atoms with Crippen molar-refractivity contribution in [1.82, 2.24) is 5.32 Å². The molecule has 3 unspecified atom stereocenters. The molecule has 3 atom stereocenters. The molecule has 5 heteroatoms. The predicted octanol–water partition coefficient (Wildman–Crippen LogP) is -1.30. The molecule has 5 N–H and O–H groups in total. The molecule has 0 saturated heterocycles. The predicted molar refractivity (Wildman–Crippen MR) is 55.0 cm³/mol. The van der Waals surface area contributed by atoms with Gasteiger partial charge in [-0.25, -0.2) is 0 Å². The van der Waals surface area contributed by atoms with Gasteiger partial charge in [0.15, 0.2) is 0 Å². The van der Waals surface area contributed by atoms with Crippen molar-refractivity contribution in [3.8, 4) is 0 Å². The van der Waals surface area contributed by atoms with Crippen molar-refractivity contribution in [2.75, 3.05) is 20.2 Å². The molecule has 0 radical (unpaired) electrons. The van der Waals surface area contributed by atoms with Gasteiger partial charge in [-0.15, -0.1) is 0 Å². The Morgan fingerprint density at radius 1 is 1.07 bits per heavy atom. The van der Waals surface area contributed by atoms with Crippen LogP contribution in [0.25, 0.3) is 0 Å². The summed E-state index contributed by atoms with van der Waals surface area (Å²) in [5.41, 5.74) is 0. The van der Waals surface area contributed by atoms with E-state index < -0.39 is 18.3 Å². The third-order valence-electron chi connectivity index (χ3n) is 1.63. The maximum atomic E-state index is 9.20. The summed E-state index contributed by atoms with van der Waals surface area (Å²) in [5, 5.41) is 38.6. The Balaban J connectivity index is 0. The molecule has 0 amide bonds. The van der Waals surface area contributed by atoms with Gasteiger partial charge < -0.3 is 25.7 Å². The topological polar surface area (TPSA) is 93.0 Å². The zero-order chi connectivity index (χ0) is 11.6. The average molecular weight is 209 g/mol. The molecule has 0 saturated carbocycles. The molecule has 0 bridgehead atoms. The van der Waals surface area contributed by atoms with Crippen molar-refractivity contribution in [3.05, 3.63) is 0 Å². The first kappa shape index (κ1) is 16.2. The van der Waals surface area contributed by atoms with Crippen LogP contribution >= 0.6 is 0 Å². The zero-order valence-corrected chi connectivity index (χ0v) is 9.14. The van der Waals surface area contributed by atoms with Crippen LogP contribution in [0.1, 0.15) is 20.3 Å². The van der Waals surface area contributed by atoms with Crippen molar-refractivity contribution < 1.29 is 20.4 Å². The molecule has 0 aliphatic heterocycles. The second-order valence-corrected chi connectivity index (χ2v) is 2.70.